The van der Waals surface area contributed by atoms with Crippen LogP contribution in [-0.2, 0) is 0 Å². The van der Waals surface area contributed by atoms with Crippen LogP contribution in [0.4, 0.5) is 0 Å². The van der Waals surface area contributed by atoms with E-state index in [4.69, 9.17) is 21.3 Å². The van der Waals surface area contributed by atoms with Gasteiger partial charge in [0.2, 0.25) is 5.89 Å². The van der Waals surface area contributed by atoms with Crippen molar-refractivity contribution in [3.8, 4) is 28.9 Å². The average molecular weight is 314 g/mol. The predicted molar refractivity (Wildman–Crippen MR) is 81.1 cm³/mol. The Morgan fingerprint density at radius 2 is 1.91 bits per heavy atom. The molecule has 0 saturated heterocycles. The van der Waals surface area contributed by atoms with Crippen LogP contribution in [0.5, 0.6) is 0 Å². The Balaban J connectivity index is 2.15. The quantitative estimate of drug-likeness (QED) is 0.794. The van der Waals surface area contributed by atoms with Crippen molar-refractivity contribution in [2.45, 2.75) is 19.8 Å². The normalized spacial score (nSPS) is 10.9. The summed E-state index contributed by atoms with van der Waals surface area (Å²) in [6, 6.07) is 9.19. The summed E-state index contributed by atoms with van der Waals surface area (Å²) in [5, 5.41) is 20.0. The maximum absolute atomic E-state index is 9.11. The zero-order valence-electron chi connectivity index (χ0n) is 12.0. The second kappa shape index (κ2) is 5.62. The number of hydrogen-bond donors (Lipinski definition) is 1. The smallest absolute Gasteiger partial charge is 0.226 e. The Kier molecular flexibility index (Phi) is 3.65. The third-order valence-electron chi connectivity index (χ3n) is 3.15. The molecule has 0 atom stereocenters. The molecule has 1 aromatic carbocycles. The summed E-state index contributed by atoms with van der Waals surface area (Å²) >= 11 is 5.90. The van der Waals surface area contributed by atoms with Gasteiger partial charge in [-0.1, -0.05) is 25.4 Å². The summed E-state index contributed by atoms with van der Waals surface area (Å²) in [6.07, 6.45) is 0. The van der Waals surface area contributed by atoms with Crippen molar-refractivity contribution in [1.82, 2.24) is 20.4 Å². The third-order valence-corrected chi connectivity index (χ3v) is 3.40. The van der Waals surface area contributed by atoms with Gasteiger partial charge in [0.1, 0.15) is 17.5 Å². The second-order valence-corrected chi connectivity index (χ2v) is 5.46. The summed E-state index contributed by atoms with van der Waals surface area (Å²) in [6.45, 7) is 3.98. The Morgan fingerprint density at radius 1 is 1.18 bits per heavy atom. The fraction of sp³-hybridized carbons (Fsp3) is 0.200. The zero-order valence-corrected chi connectivity index (χ0v) is 12.7. The summed E-state index contributed by atoms with van der Waals surface area (Å²) in [5.74, 6) is 1.21. The van der Waals surface area contributed by atoms with Gasteiger partial charge in [-0.2, -0.15) is 15.6 Å². The van der Waals surface area contributed by atoms with Crippen LogP contribution in [0.25, 0.3) is 22.8 Å². The van der Waals surface area contributed by atoms with E-state index in [-0.39, 0.29) is 11.6 Å². The molecule has 3 aromatic rings. The Morgan fingerprint density at radius 3 is 2.55 bits per heavy atom. The van der Waals surface area contributed by atoms with Gasteiger partial charge < -0.3 is 4.42 Å². The molecule has 110 valence electrons. The van der Waals surface area contributed by atoms with Crippen LogP contribution in [0, 0.1) is 11.3 Å². The molecular formula is C15H12ClN5O. The molecule has 0 aliphatic carbocycles. The van der Waals surface area contributed by atoms with E-state index in [1.165, 1.54) is 0 Å². The first-order valence-corrected chi connectivity index (χ1v) is 7.06. The maximum Gasteiger partial charge on any atom is 0.226 e. The number of nitrogens with zero attached hydrogens (tertiary/aromatic N) is 4. The minimum atomic E-state index is 0.0896. The summed E-state index contributed by atoms with van der Waals surface area (Å²) in [4.78, 5) is 4.50. The minimum Gasteiger partial charge on any atom is -0.440 e. The molecule has 3 rings (SSSR count). The number of rotatable bonds is 3. The maximum atomic E-state index is 9.11. The summed E-state index contributed by atoms with van der Waals surface area (Å²) < 4.78 is 5.88. The molecule has 0 unspecified atom stereocenters. The van der Waals surface area contributed by atoms with E-state index in [0.717, 1.165) is 5.56 Å². The first-order valence-electron chi connectivity index (χ1n) is 6.68. The topological polar surface area (TPSA) is 91.4 Å². The number of nitrogens with one attached hydrogen (secondary N) is 1. The first-order chi connectivity index (χ1) is 10.6. The van der Waals surface area contributed by atoms with Gasteiger partial charge >= 0.3 is 0 Å². The monoisotopic (exact) mass is 313 g/mol. The number of nitriles is 1. The molecule has 0 saturated carbocycles. The lowest BCUT2D eigenvalue weighted by Crippen LogP contribution is -1.91. The molecule has 0 amide bonds. The second-order valence-electron chi connectivity index (χ2n) is 5.03. The number of hydrogen-bond acceptors (Lipinski definition) is 5. The van der Waals surface area contributed by atoms with E-state index >= 15 is 0 Å². The third kappa shape index (κ3) is 2.47. The average Bonchev–Trinajstić information content (AvgIpc) is 3.14. The van der Waals surface area contributed by atoms with Gasteiger partial charge in [0.25, 0.3) is 0 Å². The number of benzene rings is 1. The number of aromatic amines is 1. The van der Waals surface area contributed by atoms with Gasteiger partial charge in [-0.25, -0.2) is 4.98 Å². The van der Waals surface area contributed by atoms with E-state index in [9.17, 15) is 0 Å². The van der Waals surface area contributed by atoms with Gasteiger partial charge in [0.05, 0.1) is 0 Å². The van der Waals surface area contributed by atoms with Crippen LogP contribution >= 0.6 is 11.6 Å². The number of halogens is 1. The van der Waals surface area contributed by atoms with Gasteiger partial charge in [-0.15, -0.1) is 5.10 Å². The Hall–Kier alpha value is -2.65. The first kappa shape index (κ1) is 14.3. The van der Waals surface area contributed by atoms with Crippen LogP contribution in [0.3, 0.4) is 0 Å². The largest absolute Gasteiger partial charge is 0.440 e. The van der Waals surface area contributed by atoms with E-state index in [1.807, 2.05) is 32.0 Å². The number of oxazole rings is 1. The van der Waals surface area contributed by atoms with E-state index < -0.39 is 0 Å². The van der Waals surface area contributed by atoms with Crippen molar-refractivity contribution < 1.29 is 4.42 Å². The van der Waals surface area contributed by atoms with Crippen molar-refractivity contribution in [2.75, 3.05) is 0 Å². The highest BCUT2D eigenvalue weighted by Crippen LogP contribution is 2.33. The lowest BCUT2D eigenvalue weighted by molar-refractivity contribution is 0.496. The molecule has 0 aliphatic heterocycles. The van der Waals surface area contributed by atoms with Gasteiger partial charge in [-0.3, -0.25) is 0 Å². The Bertz CT molecular complexity index is 842. The van der Waals surface area contributed by atoms with Crippen molar-refractivity contribution in [2.24, 2.45) is 0 Å². The molecule has 22 heavy (non-hydrogen) atoms. The van der Waals surface area contributed by atoms with Gasteiger partial charge in [-0.05, 0) is 24.3 Å². The molecule has 7 heteroatoms. The molecule has 0 radical (unpaired) electrons. The van der Waals surface area contributed by atoms with Crippen LogP contribution in [0.15, 0.2) is 28.7 Å². The van der Waals surface area contributed by atoms with Crippen LogP contribution in [0.2, 0.25) is 5.02 Å². The Labute approximate surface area is 131 Å². The SMILES string of the molecule is CC(C)c1oc(-c2ccc(Cl)cc2)nc1-c1n[nH]nc1C#N. The van der Waals surface area contributed by atoms with Gasteiger partial charge in [0.15, 0.2) is 11.4 Å². The van der Waals surface area contributed by atoms with Crippen molar-refractivity contribution in [3.05, 3.63) is 40.7 Å². The molecular weight excluding hydrogens is 302 g/mol. The molecule has 0 fully saturated rings. The van der Waals surface area contributed by atoms with Crippen molar-refractivity contribution >= 4 is 11.6 Å². The highest BCUT2D eigenvalue weighted by atomic mass is 35.5. The highest BCUT2D eigenvalue weighted by molar-refractivity contribution is 6.30. The van der Waals surface area contributed by atoms with Crippen LogP contribution < -0.4 is 0 Å². The molecule has 0 aliphatic rings. The van der Waals surface area contributed by atoms with Crippen molar-refractivity contribution in [3.63, 3.8) is 0 Å². The van der Waals surface area contributed by atoms with Crippen LogP contribution in [0.1, 0.15) is 31.2 Å². The lowest BCUT2D eigenvalue weighted by Gasteiger charge is -2.01. The summed E-state index contributed by atoms with van der Waals surface area (Å²) in [7, 11) is 0. The van der Waals surface area contributed by atoms with E-state index in [0.29, 0.717) is 28.1 Å². The fourth-order valence-corrected chi connectivity index (χ4v) is 2.21. The summed E-state index contributed by atoms with van der Waals surface area (Å²) in [5.41, 5.74) is 1.93. The zero-order chi connectivity index (χ0) is 15.7. The standard InChI is InChI=1S/C15H12ClN5O/c1-8(2)14-13(12-11(7-17)19-21-20-12)18-15(22-14)9-3-5-10(16)6-4-9/h3-6,8H,1-2H3,(H,19,20,21). The molecule has 1 N–H and O–H groups in total. The fourth-order valence-electron chi connectivity index (χ4n) is 2.08. The molecule has 0 spiro atoms. The number of aromatic nitrogens is 4. The highest BCUT2D eigenvalue weighted by Gasteiger charge is 2.23. The van der Waals surface area contributed by atoms with Crippen molar-refractivity contribution in [1.29, 1.82) is 5.26 Å². The molecule has 6 nitrogen and oxygen atoms in total. The predicted octanol–water partition coefficient (Wildman–Crippen LogP) is 3.78. The lowest BCUT2D eigenvalue weighted by atomic mass is 10.1. The molecule has 0 bridgehead atoms. The molecule has 2 aromatic heterocycles. The molecule has 2 heterocycles. The van der Waals surface area contributed by atoms with Crippen LogP contribution in [-0.4, -0.2) is 20.4 Å². The minimum absolute atomic E-state index is 0.0896. The number of H-pyrrole nitrogens is 1. The van der Waals surface area contributed by atoms with E-state index in [1.54, 1.807) is 12.1 Å². The van der Waals surface area contributed by atoms with E-state index in [2.05, 4.69) is 20.4 Å². The van der Waals surface area contributed by atoms with Gasteiger partial charge in [0, 0.05) is 16.5 Å².